The predicted octanol–water partition coefficient (Wildman–Crippen LogP) is 6.03. The van der Waals surface area contributed by atoms with Gasteiger partial charge in [-0.1, -0.05) is 77.8 Å². The van der Waals surface area contributed by atoms with Crippen molar-refractivity contribution in [3.8, 4) is 0 Å². The van der Waals surface area contributed by atoms with E-state index < -0.39 is 0 Å². The highest BCUT2D eigenvalue weighted by Gasteiger charge is 2.15. The standard InChI is InChI=1S/C22H21ClN2S/c1-15-7-6-10-18(13-15)21(17-8-4-3-5-9-17)25-22(26)24-19-12-11-16(2)20(23)14-19/h3-14,21H,1-2H3,(H2,24,25,26)/t21-/m0/s1. The number of halogens is 1. The number of benzene rings is 3. The lowest BCUT2D eigenvalue weighted by molar-refractivity contribution is 0.768. The largest absolute Gasteiger partial charge is 0.352 e. The smallest absolute Gasteiger partial charge is 0.171 e. The molecular weight excluding hydrogens is 360 g/mol. The van der Waals surface area contributed by atoms with Crippen LogP contribution in [0.1, 0.15) is 28.3 Å². The summed E-state index contributed by atoms with van der Waals surface area (Å²) in [5.74, 6) is 0. The number of anilines is 1. The van der Waals surface area contributed by atoms with Crippen LogP contribution in [-0.4, -0.2) is 5.11 Å². The highest BCUT2D eigenvalue weighted by molar-refractivity contribution is 7.80. The SMILES string of the molecule is Cc1cccc([C@@H](NC(=S)Nc2ccc(C)c(Cl)c2)c2ccccc2)c1. The molecule has 0 unspecified atom stereocenters. The molecule has 0 spiro atoms. The molecule has 0 aliphatic carbocycles. The van der Waals surface area contributed by atoms with Crippen molar-refractivity contribution < 1.29 is 0 Å². The van der Waals surface area contributed by atoms with Crippen LogP contribution < -0.4 is 10.6 Å². The lowest BCUT2D eigenvalue weighted by Crippen LogP contribution is -2.33. The molecule has 0 heterocycles. The van der Waals surface area contributed by atoms with Crippen LogP contribution in [0.3, 0.4) is 0 Å². The van der Waals surface area contributed by atoms with E-state index >= 15 is 0 Å². The van der Waals surface area contributed by atoms with Crippen LogP contribution >= 0.6 is 23.8 Å². The van der Waals surface area contributed by atoms with Crippen molar-refractivity contribution in [3.05, 3.63) is 100 Å². The summed E-state index contributed by atoms with van der Waals surface area (Å²) in [6.45, 7) is 4.07. The quantitative estimate of drug-likeness (QED) is 0.540. The lowest BCUT2D eigenvalue weighted by atomic mass is 9.97. The first kappa shape index (κ1) is 18.4. The maximum absolute atomic E-state index is 6.21. The molecule has 0 aliphatic rings. The molecule has 3 aromatic rings. The fraction of sp³-hybridized carbons (Fsp3) is 0.136. The zero-order valence-electron chi connectivity index (χ0n) is 14.8. The van der Waals surface area contributed by atoms with Crippen molar-refractivity contribution >= 4 is 34.6 Å². The second-order valence-electron chi connectivity index (χ2n) is 6.32. The first-order valence-electron chi connectivity index (χ1n) is 8.48. The van der Waals surface area contributed by atoms with E-state index in [4.69, 9.17) is 23.8 Å². The van der Waals surface area contributed by atoms with E-state index in [0.29, 0.717) is 5.11 Å². The number of hydrogen-bond acceptors (Lipinski definition) is 1. The maximum atomic E-state index is 6.21. The molecule has 0 radical (unpaired) electrons. The average Bonchev–Trinajstić information content (AvgIpc) is 2.63. The molecule has 2 nitrogen and oxygen atoms in total. The van der Waals surface area contributed by atoms with Crippen LogP contribution in [0.2, 0.25) is 5.02 Å². The van der Waals surface area contributed by atoms with Gasteiger partial charge < -0.3 is 10.6 Å². The summed E-state index contributed by atoms with van der Waals surface area (Å²) in [5, 5.41) is 7.94. The van der Waals surface area contributed by atoms with Gasteiger partial charge in [-0.25, -0.2) is 0 Å². The van der Waals surface area contributed by atoms with Gasteiger partial charge in [-0.2, -0.15) is 0 Å². The minimum atomic E-state index is -0.0305. The van der Waals surface area contributed by atoms with Crippen molar-refractivity contribution in [2.45, 2.75) is 19.9 Å². The van der Waals surface area contributed by atoms with Crippen molar-refractivity contribution in [1.29, 1.82) is 0 Å². The Kier molecular flexibility index (Phi) is 5.92. The molecule has 0 aromatic heterocycles. The first-order chi connectivity index (χ1) is 12.5. The lowest BCUT2D eigenvalue weighted by Gasteiger charge is -2.22. The summed E-state index contributed by atoms with van der Waals surface area (Å²) in [7, 11) is 0. The summed E-state index contributed by atoms with van der Waals surface area (Å²) in [4.78, 5) is 0. The fourth-order valence-electron chi connectivity index (χ4n) is 2.82. The monoisotopic (exact) mass is 380 g/mol. The molecule has 3 rings (SSSR count). The second-order valence-corrected chi connectivity index (χ2v) is 7.14. The van der Waals surface area contributed by atoms with E-state index in [2.05, 4.69) is 54.0 Å². The number of nitrogens with one attached hydrogen (secondary N) is 2. The third kappa shape index (κ3) is 4.63. The molecule has 1 atom stereocenters. The third-order valence-electron chi connectivity index (χ3n) is 4.21. The molecule has 0 fully saturated rings. The van der Waals surface area contributed by atoms with E-state index in [9.17, 15) is 0 Å². The van der Waals surface area contributed by atoms with Crippen LogP contribution in [0.4, 0.5) is 5.69 Å². The summed E-state index contributed by atoms with van der Waals surface area (Å²) in [6, 6.07) is 24.5. The van der Waals surface area contributed by atoms with Gasteiger partial charge >= 0.3 is 0 Å². The maximum Gasteiger partial charge on any atom is 0.171 e. The number of aryl methyl sites for hydroxylation is 2. The predicted molar refractivity (Wildman–Crippen MR) is 115 cm³/mol. The summed E-state index contributed by atoms with van der Waals surface area (Å²) >= 11 is 11.8. The Labute approximate surface area is 165 Å². The van der Waals surface area contributed by atoms with Crippen molar-refractivity contribution in [3.63, 3.8) is 0 Å². The van der Waals surface area contributed by atoms with Crippen LogP contribution in [-0.2, 0) is 0 Å². The molecule has 0 bridgehead atoms. The second kappa shape index (κ2) is 8.35. The molecule has 0 saturated carbocycles. The third-order valence-corrected chi connectivity index (χ3v) is 4.84. The zero-order chi connectivity index (χ0) is 18.5. The fourth-order valence-corrected chi connectivity index (χ4v) is 3.24. The van der Waals surface area contributed by atoms with Gasteiger partial charge in [0.25, 0.3) is 0 Å². The molecule has 3 aromatic carbocycles. The van der Waals surface area contributed by atoms with E-state index in [1.54, 1.807) is 0 Å². The average molecular weight is 381 g/mol. The van der Waals surface area contributed by atoms with E-state index in [1.165, 1.54) is 11.1 Å². The highest BCUT2D eigenvalue weighted by Crippen LogP contribution is 2.24. The number of hydrogen-bond donors (Lipinski definition) is 2. The molecule has 26 heavy (non-hydrogen) atoms. The van der Waals surface area contributed by atoms with Gasteiger partial charge in [-0.15, -0.1) is 0 Å². The van der Waals surface area contributed by atoms with Crippen molar-refractivity contribution in [1.82, 2.24) is 5.32 Å². The zero-order valence-corrected chi connectivity index (χ0v) is 16.4. The number of thiocarbonyl (C=S) groups is 1. The van der Waals surface area contributed by atoms with Gasteiger partial charge in [0.1, 0.15) is 0 Å². The summed E-state index contributed by atoms with van der Waals surface area (Å²) in [5.41, 5.74) is 5.45. The minimum Gasteiger partial charge on any atom is -0.352 e. The van der Waals surface area contributed by atoms with Crippen LogP contribution in [0.5, 0.6) is 0 Å². The van der Waals surface area contributed by atoms with Crippen molar-refractivity contribution in [2.75, 3.05) is 5.32 Å². The molecule has 0 aliphatic heterocycles. The van der Waals surface area contributed by atoms with Gasteiger partial charge in [-0.3, -0.25) is 0 Å². The van der Waals surface area contributed by atoms with Crippen LogP contribution in [0.15, 0.2) is 72.8 Å². The van der Waals surface area contributed by atoms with E-state index in [0.717, 1.165) is 21.8 Å². The Bertz CT molecular complexity index is 909. The van der Waals surface area contributed by atoms with Gasteiger partial charge in [-0.05, 0) is 54.9 Å². The number of rotatable bonds is 4. The Morgan fingerprint density at radius 1 is 0.885 bits per heavy atom. The molecule has 0 amide bonds. The summed E-state index contributed by atoms with van der Waals surface area (Å²) < 4.78 is 0. The molecule has 132 valence electrons. The molecular formula is C22H21ClN2S. The molecule has 2 N–H and O–H groups in total. The Morgan fingerprint density at radius 3 is 2.31 bits per heavy atom. The first-order valence-corrected chi connectivity index (χ1v) is 9.27. The minimum absolute atomic E-state index is 0.0305. The van der Waals surface area contributed by atoms with Gasteiger partial charge in [0.05, 0.1) is 6.04 Å². The topological polar surface area (TPSA) is 24.1 Å². The van der Waals surface area contributed by atoms with E-state index in [1.807, 2.05) is 43.3 Å². The van der Waals surface area contributed by atoms with Gasteiger partial charge in [0.15, 0.2) is 5.11 Å². The Morgan fingerprint density at radius 2 is 1.62 bits per heavy atom. The van der Waals surface area contributed by atoms with Gasteiger partial charge in [0.2, 0.25) is 0 Å². The van der Waals surface area contributed by atoms with E-state index in [-0.39, 0.29) is 6.04 Å². The Balaban J connectivity index is 1.83. The normalized spacial score (nSPS) is 11.7. The molecule has 4 heteroatoms. The Hall–Kier alpha value is -2.36. The molecule has 0 saturated heterocycles. The highest BCUT2D eigenvalue weighted by atomic mass is 35.5. The van der Waals surface area contributed by atoms with Crippen LogP contribution in [0.25, 0.3) is 0 Å². The summed E-state index contributed by atoms with van der Waals surface area (Å²) in [6.07, 6.45) is 0. The van der Waals surface area contributed by atoms with Crippen molar-refractivity contribution in [2.24, 2.45) is 0 Å². The van der Waals surface area contributed by atoms with Crippen LogP contribution in [0, 0.1) is 13.8 Å². The van der Waals surface area contributed by atoms with Gasteiger partial charge in [0, 0.05) is 10.7 Å².